The van der Waals surface area contributed by atoms with Crippen LogP contribution < -0.4 is 5.32 Å². The lowest BCUT2D eigenvalue weighted by Gasteiger charge is -2.36. The lowest BCUT2D eigenvalue weighted by atomic mass is 9.75. The smallest absolute Gasteiger partial charge is 0.230 e. The molecule has 18 heavy (non-hydrogen) atoms. The van der Waals surface area contributed by atoms with E-state index in [2.05, 4.69) is 25.2 Å². The molecule has 0 aliphatic carbocycles. The van der Waals surface area contributed by atoms with Gasteiger partial charge in [-0.15, -0.1) is 0 Å². The molecule has 1 saturated heterocycles. The number of hydrogen-bond donors (Lipinski definition) is 1. The third-order valence-electron chi connectivity index (χ3n) is 4.10. The van der Waals surface area contributed by atoms with Crippen molar-refractivity contribution < 1.29 is 4.79 Å². The quantitative estimate of drug-likeness (QED) is 0.808. The number of nitrogens with one attached hydrogen (secondary N) is 1. The number of nitrogens with zero attached hydrogens (tertiary/aromatic N) is 2. The molecule has 1 heterocycles. The Kier molecular flexibility index (Phi) is 5.15. The zero-order chi connectivity index (χ0) is 13.8. The molecule has 0 radical (unpaired) electrons. The van der Waals surface area contributed by atoms with Crippen molar-refractivity contribution in [2.45, 2.75) is 34.1 Å². The highest BCUT2D eigenvalue weighted by Crippen LogP contribution is 2.36. The van der Waals surface area contributed by atoms with Crippen molar-refractivity contribution >= 4 is 5.91 Å². The van der Waals surface area contributed by atoms with Crippen LogP contribution in [-0.4, -0.2) is 37.0 Å². The number of nitriles is 1. The van der Waals surface area contributed by atoms with Crippen molar-refractivity contribution in [3.63, 3.8) is 0 Å². The molecule has 2 atom stereocenters. The summed E-state index contributed by atoms with van der Waals surface area (Å²) in [5.41, 5.74) is -0.273. The van der Waals surface area contributed by atoms with Crippen LogP contribution in [0.25, 0.3) is 0 Å². The molecule has 1 aliphatic rings. The second-order valence-corrected chi connectivity index (χ2v) is 5.61. The fourth-order valence-corrected chi connectivity index (χ4v) is 2.68. The summed E-state index contributed by atoms with van der Waals surface area (Å²) in [4.78, 5) is 14.6. The van der Waals surface area contributed by atoms with Crippen LogP contribution in [0.5, 0.6) is 0 Å². The van der Waals surface area contributed by atoms with Gasteiger partial charge < -0.3 is 10.2 Å². The van der Waals surface area contributed by atoms with E-state index in [-0.39, 0.29) is 17.2 Å². The highest BCUT2D eigenvalue weighted by molar-refractivity contribution is 5.83. The second kappa shape index (κ2) is 6.19. The lowest BCUT2D eigenvalue weighted by molar-refractivity contribution is -0.143. The van der Waals surface area contributed by atoms with Crippen molar-refractivity contribution in [2.75, 3.05) is 26.2 Å². The average molecular weight is 251 g/mol. The molecule has 0 spiro atoms. The van der Waals surface area contributed by atoms with E-state index in [0.717, 1.165) is 19.5 Å². The van der Waals surface area contributed by atoms with Crippen LogP contribution >= 0.6 is 0 Å². The average Bonchev–Trinajstić information content (AvgIpc) is 2.85. The summed E-state index contributed by atoms with van der Waals surface area (Å²) in [5, 5.41) is 12.2. The number of amides is 1. The van der Waals surface area contributed by atoms with E-state index in [1.165, 1.54) is 0 Å². The minimum atomic E-state index is -0.273. The molecule has 4 heteroatoms. The van der Waals surface area contributed by atoms with Crippen molar-refractivity contribution in [2.24, 2.45) is 17.3 Å². The highest BCUT2D eigenvalue weighted by Gasteiger charge is 2.45. The van der Waals surface area contributed by atoms with Crippen LogP contribution in [0.2, 0.25) is 0 Å². The molecule has 1 amide bonds. The molecule has 1 rings (SSSR count). The summed E-state index contributed by atoms with van der Waals surface area (Å²) in [6, 6.07) is 2.21. The maximum absolute atomic E-state index is 12.8. The van der Waals surface area contributed by atoms with Crippen LogP contribution in [0.3, 0.4) is 0 Å². The van der Waals surface area contributed by atoms with Gasteiger partial charge in [-0.05, 0) is 32.7 Å². The van der Waals surface area contributed by atoms with E-state index in [1.54, 1.807) is 0 Å². The number of rotatable bonds is 5. The summed E-state index contributed by atoms with van der Waals surface area (Å²) in [7, 11) is 0. The van der Waals surface area contributed by atoms with E-state index in [9.17, 15) is 4.79 Å². The molecule has 0 aromatic rings. The Balaban J connectivity index is 2.85. The first-order chi connectivity index (χ1) is 8.47. The summed E-state index contributed by atoms with van der Waals surface area (Å²) in [6.45, 7) is 11.0. The molecule has 0 bridgehead atoms. The summed E-state index contributed by atoms with van der Waals surface area (Å²) in [6.07, 6.45) is 0.904. The standard InChI is InChI=1S/C14H25N3O/c1-5-17(9-12(4)8-15)13(18)14(11(2)3)6-7-16-10-14/h11-12,16H,5-7,9-10H2,1-4H3. The van der Waals surface area contributed by atoms with Gasteiger partial charge in [-0.1, -0.05) is 13.8 Å². The molecule has 0 aromatic heterocycles. The predicted octanol–water partition coefficient (Wildman–Crippen LogP) is 1.63. The van der Waals surface area contributed by atoms with Gasteiger partial charge in [0.15, 0.2) is 0 Å². The Hall–Kier alpha value is -1.08. The number of carbonyl (C=O) groups is 1. The Morgan fingerprint density at radius 2 is 2.17 bits per heavy atom. The van der Waals surface area contributed by atoms with E-state index in [1.807, 2.05) is 18.7 Å². The molecule has 2 unspecified atom stereocenters. The van der Waals surface area contributed by atoms with E-state index in [0.29, 0.717) is 19.0 Å². The molecule has 1 N–H and O–H groups in total. The maximum atomic E-state index is 12.8. The van der Waals surface area contributed by atoms with E-state index in [4.69, 9.17) is 5.26 Å². The number of hydrogen-bond acceptors (Lipinski definition) is 3. The van der Waals surface area contributed by atoms with Gasteiger partial charge in [-0.25, -0.2) is 0 Å². The Morgan fingerprint density at radius 3 is 2.56 bits per heavy atom. The first-order valence-electron chi connectivity index (χ1n) is 6.87. The van der Waals surface area contributed by atoms with Crippen LogP contribution in [0.15, 0.2) is 0 Å². The first-order valence-corrected chi connectivity index (χ1v) is 6.87. The van der Waals surface area contributed by atoms with Crippen LogP contribution in [-0.2, 0) is 4.79 Å². The summed E-state index contributed by atoms with van der Waals surface area (Å²) < 4.78 is 0. The summed E-state index contributed by atoms with van der Waals surface area (Å²) in [5.74, 6) is 0.436. The minimum Gasteiger partial charge on any atom is -0.341 e. The van der Waals surface area contributed by atoms with Crippen molar-refractivity contribution in [1.82, 2.24) is 10.2 Å². The van der Waals surface area contributed by atoms with Crippen molar-refractivity contribution in [3.8, 4) is 6.07 Å². The zero-order valence-electron chi connectivity index (χ0n) is 12.0. The van der Waals surface area contributed by atoms with Gasteiger partial charge in [0, 0.05) is 19.6 Å². The van der Waals surface area contributed by atoms with Gasteiger partial charge in [-0.3, -0.25) is 4.79 Å². The normalized spacial score (nSPS) is 24.9. The van der Waals surface area contributed by atoms with Gasteiger partial charge in [0.2, 0.25) is 5.91 Å². The molecule has 4 nitrogen and oxygen atoms in total. The first kappa shape index (κ1) is 15.0. The van der Waals surface area contributed by atoms with Crippen LogP contribution in [0.1, 0.15) is 34.1 Å². The lowest BCUT2D eigenvalue weighted by Crippen LogP contribution is -2.49. The minimum absolute atomic E-state index is 0.104. The molecular weight excluding hydrogens is 226 g/mol. The SMILES string of the molecule is CCN(CC(C)C#N)C(=O)C1(C(C)C)CCNC1. The van der Waals surface area contributed by atoms with Gasteiger partial charge in [0.1, 0.15) is 0 Å². The fraction of sp³-hybridized carbons (Fsp3) is 0.857. The van der Waals surface area contributed by atoms with Crippen LogP contribution in [0, 0.1) is 28.6 Å². The van der Waals surface area contributed by atoms with Gasteiger partial charge in [-0.2, -0.15) is 5.26 Å². The molecule has 0 saturated carbocycles. The monoisotopic (exact) mass is 251 g/mol. The van der Waals surface area contributed by atoms with Gasteiger partial charge >= 0.3 is 0 Å². The second-order valence-electron chi connectivity index (χ2n) is 5.61. The molecule has 0 aromatic carbocycles. The molecular formula is C14H25N3O. The van der Waals surface area contributed by atoms with E-state index < -0.39 is 0 Å². The topological polar surface area (TPSA) is 56.1 Å². The zero-order valence-corrected chi connectivity index (χ0v) is 12.0. The molecule has 102 valence electrons. The van der Waals surface area contributed by atoms with Crippen LogP contribution in [0.4, 0.5) is 0 Å². The Bertz CT molecular complexity index is 326. The third-order valence-corrected chi connectivity index (χ3v) is 4.10. The Morgan fingerprint density at radius 1 is 1.50 bits per heavy atom. The largest absolute Gasteiger partial charge is 0.341 e. The Labute approximate surface area is 110 Å². The van der Waals surface area contributed by atoms with Gasteiger partial charge in [0.05, 0.1) is 17.4 Å². The van der Waals surface area contributed by atoms with Crippen molar-refractivity contribution in [1.29, 1.82) is 5.26 Å². The number of carbonyl (C=O) groups excluding carboxylic acids is 1. The summed E-state index contributed by atoms with van der Waals surface area (Å²) >= 11 is 0. The predicted molar refractivity (Wildman–Crippen MR) is 71.8 cm³/mol. The molecule has 1 aliphatic heterocycles. The van der Waals surface area contributed by atoms with Crippen molar-refractivity contribution in [3.05, 3.63) is 0 Å². The fourth-order valence-electron chi connectivity index (χ4n) is 2.68. The van der Waals surface area contributed by atoms with Gasteiger partial charge in [0.25, 0.3) is 0 Å². The maximum Gasteiger partial charge on any atom is 0.230 e. The third kappa shape index (κ3) is 2.84. The molecule has 1 fully saturated rings. The highest BCUT2D eigenvalue weighted by atomic mass is 16.2. The van der Waals surface area contributed by atoms with E-state index >= 15 is 0 Å².